The molecule has 2 rings (SSSR count). The van der Waals surface area contributed by atoms with Gasteiger partial charge in [0.1, 0.15) is 0 Å². The fourth-order valence-electron chi connectivity index (χ4n) is 2.52. The lowest BCUT2D eigenvalue weighted by atomic mass is 9.93. The zero-order valence-electron chi connectivity index (χ0n) is 10.1. The van der Waals surface area contributed by atoms with Gasteiger partial charge in [-0.2, -0.15) is 0 Å². The molecule has 1 aliphatic rings. The summed E-state index contributed by atoms with van der Waals surface area (Å²) < 4.78 is 0. The van der Waals surface area contributed by atoms with Crippen molar-refractivity contribution in [1.82, 2.24) is 4.98 Å². The van der Waals surface area contributed by atoms with Gasteiger partial charge in [0.25, 0.3) is 0 Å². The maximum atomic E-state index is 9.09. The molecule has 1 aromatic heterocycles. The molecule has 16 heavy (non-hydrogen) atoms. The highest BCUT2D eigenvalue weighted by Gasteiger charge is 2.22. The van der Waals surface area contributed by atoms with Crippen LogP contribution >= 0.6 is 0 Å². The quantitative estimate of drug-likeness (QED) is 0.830. The minimum absolute atomic E-state index is 0.0203. The lowest BCUT2D eigenvalue weighted by Gasteiger charge is -2.38. The van der Waals surface area contributed by atoms with Crippen LogP contribution in [0.1, 0.15) is 32.4 Å². The number of rotatable bonds is 2. The van der Waals surface area contributed by atoms with E-state index in [0.717, 1.165) is 18.2 Å². The molecule has 1 saturated heterocycles. The van der Waals surface area contributed by atoms with E-state index >= 15 is 0 Å². The molecule has 0 saturated carbocycles. The number of piperidine rings is 1. The molecule has 1 aliphatic heterocycles. The molecule has 1 N–H and O–H groups in total. The fourth-order valence-corrected chi connectivity index (χ4v) is 2.52. The van der Waals surface area contributed by atoms with Crippen molar-refractivity contribution in [3.8, 4) is 0 Å². The van der Waals surface area contributed by atoms with Crippen LogP contribution in [0.15, 0.2) is 18.3 Å². The standard InChI is InChI=1S/C13H20N2O/c1-10-4-6-15(11(2)7-10)13-3-5-14-12(8-13)9-16/h3,5,8,10-11,16H,4,6-7,9H2,1-2H3. The Balaban J connectivity index is 2.16. The number of hydrogen-bond acceptors (Lipinski definition) is 3. The van der Waals surface area contributed by atoms with Gasteiger partial charge in [-0.15, -0.1) is 0 Å². The van der Waals surface area contributed by atoms with Crippen LogP contribution < -0.4 is 4.90 Å². The minimum Gasteiger partial charge on any atom is -0.390 e. The lowest BCUT2D eigenvalue weighted by Crippen LogP contribution is -2.40. The zero-order chi connectivity index (χ0) is 11.5. The Labute approximate surface area is 97.1 Å². The lowest BCUT2D eigenvalue weighted by molar-refractivity contribution is 0.277. The van der Waals surface area contributed by atoms with Crippen LogP contribution in [0.2, 0.25) is 0 Å². The Kier molecular flexibility index (Phi) is 3.44. The van der Waals surface area contributed by atoms with E-state index in [0.29, 0.717) is 6.04 Å². The number of aromatic nitrogens is 1. The van der Waals surface area contributed by atoms with E-state index in [-0.39, 0.29) is 6.61 Å². The number of anilines is 1. The zero-order valence-corrected chi connectivity index (χ0v) is 10.1. The topological polar surface area (TPSA) is 36.4 Å². The summed E-state index contributed by atoms with van der Waals surface area (Å²) in [5.74, 6) is 0.824. The van der Waals surface area contributed by atoms with Gasteiger partial charge in [-0.25, -0.2) is 0 Å². The molecule has 0 radical (unpaired) electrons. The second-order valence-electron chi connectivity index (χ2n) is 4.84. The smallest absolute Gasteiger partial charge is 0.0853 e. The third-order valence-corrected chi connectivity index (χ3v) is 3.43. The number of pyridine rings is 1. The molecule has 1 fully saturated rings. The molecule has 0 amide bonds. The minimum atomic E-state index is 0.0203. The molecule has 2 heterocycles. The van der Waals surface area contributed by atoms with Crippen molar-refractivity contribution in [2.75, 3.05) is 11.4 Å². The number of aliphatic hydroxyl groups is 1. The van der Waals surface area contributed by atoms with Crippen LogP contribution in [-0.2, 0) is 6.61 Å². The Morgan fingerprint density at radius 1 is 1.50 bits per heavy atom. The summed E-state index contributed by atoms with van der Waals surface area (Å²) in [6.45, 7) is 5.72. The van der Waals surface area contributed by atoms with E-state index in [1.165, 1.54) is 18.5 Å². The number of aliphatic hydroxyl groups excluding tert-OH is 1. The maximum absolute atomic E-state index is 9.09. The first kappa shape index (κ1) is 11.4. The molecule has 2 unspecified atom stereocenters. The summed E-state index contributed by atoms with van der Waals surface area (Å²) in [6.07, 6.45) is 4.28. The maximum Gasteiger partial charge on any atom is 0.0853 e. The van der Waals surface area contributed by atoms with Crippen LogP contribution in [0.5, 0.6) is 0 Å². The summed E-state index contributed by atoms with van der Waals surface area (Å²) in [5, 5.41) is 9.09. The Hall–Kier alpha value is -1.09. The predicted octanol–water partition coefficient (Wildman–Crippen LogP) is 2.20. The number of hydrogen-bond donors (Lipinski definition) is 1. The molecule has 3 heteroatoms. The van der Waals surface area contributed by atoms with Gasteiger partial charge in [0, 0.05) is 24.5 Å². The van der Waals surface area contributed by atoms with Crippen molar-refractivity contribution >= 4 is 5.69 Å². The van der Waals surface area contributed by atoms with Crippen molar-refractivity contribution in [3.63, 3.8) is 0 Å². The van der Waals surface area contributed by atoms with Crippen LogP contribution in [0.25, 0.3) is 0 Å². The van der Waals surface area contributed by atoms with Crippen LogP contribution in [0.4, 0.5) is 5.69 Å². The van der Waals surface area contributed by atoms with E-state index in [2.05, 4.69) is 23.7 Å². The van der Waals surface area contributed by atoms with Gasteiger partial charge in [0.15, 0.2) is 0 Å². The molecule has 1 aromatic rings. The normalized spacial score (nSPS) is 25.8. The Morgan fingerprint density at radius 3 is 3.00 bits per heavy atom. The average Bonchev–Trinajstić information content (AvgIpc) is 2.29. The molecule has 0 bridgehead atoms. The van der Waals surface area contributed by atoms with Crippen molar-refractivity contribution in [2.45, 2.75) is 39.3 Å². The predicted molar refractivity (Wildman–Crippen MR) is 65.4 cm³/mol. The summed E-state index contributed by atoms with van der Waals surface area (Å²) in [7, 11) is 0. The molecule has 0 aromatic carbocycles. The highest BCUT2D eigenvalue weighted by Crippen LogP contribution is 2.27. The van der Waals surface area contributed by atoms with Gasteiger partial charge in [0.2, 0.25) is 0 Å². The second-order valence-corrected chi connectivity index (χ2v) is 4.84. The van der Waals surface area contributed by atoms with Gasteiger partial charge in [-0.05, 0) is 37.8 Å². The Bertz CT molecular complexity index is 354. The van der Waals surface area contributed by atoms with E-state index in [1.54, 1.807) is 6.20 Å². The summed E-state index contributed by atoms with van der Waals surface area (Å²) >= 11 is 0. The molecule has 2 atom stereocenters. The van der Waals surface area contributed by atoms with Crippen molar-refractivity contribution in [1.29, 1.82) is 0 Å². The largest absolute Gasteiger partial charge is 0.390 e. The van der Waals surface area contributed by atoms with E-state index in [1.807, 2.05) is 12.1 Å². The van der Waals surface area contributed by atoms with Crippen LogP contribution in [-0.4, -0.2) is 22.7 Å². The third-order valence-electron chi connectivity index (χ3n) is 3.43. The first-order valence-electron chi connectivity index (χ1n) is 6.03. The second kappa shape index (κ2) is 4.83. The summed E-state index contributed by atoms with van der Waals surface area (Å²) in [4.78, 5) is 6.53. The van der Waals surface area contributed by atoms with E-state index < -0.39 is 0 Å². The highest BCUT2D eigenvalue weighted by atomic mass is 16.3. The molecule has 0 spiro atoms. The SMILES string of the molecule is CC1CCN(c2ccnc(CO)c2)C(C)C1. The van der Waals surface area contributed by atoms with E-state index in [9.17, 15) is 0 Å². The van der Waals surface area contributed by atoms with Crippen LogP contribution in [0.3, 0.4) is 0 Å². The van der Waals surface area contributed by atoms with E-state index in [4.69, 9.17) is 5.11 Å². The molecular formula is C13H20N2O. The van der Waals surface area contributed by atoms with Gasteiger partial charge in [-0.3, -0.25) is 4.98 Å². The van der Waals surface area contributed by atoms with Crippen molar-refractivity contribution < 1.29 is 5.11 Å². The average molecular weight is 220 g/mol. The van der Waals surface area contributed by atoms with Gasteiger partial charge in [-0.1, -0.05) is 6.92 Å². The molecule has 88 valence electrons. The Morgan fingerprint density at radius 2 is 2.31 bits per heavy atom. The van der Waals surface area contributed by atoms with Gasteiger partial charge in [0.05, 0.1) is 12.3 Å². The molecular weight excluding hydrogens is 200 g/mol. The van der Waals surface area contributed by atoms with Crippen molar-refractivity contribution in [3.05, 3.63) is 24.0 Å². The summed E-state index contributed by atoms with van der Waals surface area (Å²) in [6, 6.07) is 4.61. The monoisotopic (exact) mass is 220 g/mol. The first-order valence-corrected chi connectivity index (χ1v) is 6.03. The van der Waals surface area contributed by atoms with Crippen LogP contribution in [0, 0.1) is 5.92 Å². The van der Waals surface area contributed by atoms with Gasteiger partial charge >= 0.3 is 0 Å². The molecule has 3 nitrogen and oxygen atoms in total. The highest BCUT2D eigenvalue weighted by molar-refractivity contribution is 5.47. The fraction of sp³-hybridized carbons (Fsp3) is 0.615. The summed E-state index contributed by atoms with van der Waals surface area (Å²) in [5.41, 5.74) is 1.95. The first-order chi connectivity index (χ1) is 7.70. The third kappa shape index (κ3) is 2.35. The van der Waals surface area contributed by atoms with Gasteiger partial charge < -0.3 is 10.0 Å². The van der Waals surface area contributed by atoms with Crippen molar-refractivity contribution in [2.24, 2.45) is 5.92 Å². The molecule has 0 aliphatic carbocycles. The number of nitrogens with zero attached hydrogens (tertiary/aromatic N) is 2.